The molecule has 0 unspecified atom stereocenters. The number of carbonyl (C=O) groups excluding carboxylic acids is 4. The van der Waals surface area contributed by atoms with Crippen molar-refractivity contribution in [2.75, 3.05) is 43.3 Å². The zero-order chi connectivity index (χ0) is 27.7. The summed E-state index contributed by atoms with van der Waals surface area (Å²) in [6.45, 7) is 0.503. The second kappa shape index (κ2) is 10.4. The van der Waals surface area contributed by atoms with Crippen molar-refractivity contribution < 1.29 is 23.9 Å². The van der Waals surface area contributed by atoms with Gasteiger partial charge in [0.15, 0.2) is 0 Å². The van der Waals surface area contributed by atoms with Gasteiger partial charge in [0.1, 0.15) is 6.42 Å². The molecule has 39 heavy (non-hydrogen) atoms. The lowest BCUT2D eigenvalue weighted by atomic mass is 9.99. The fourth-order valence-electron chi connectivity index (χ4n) is 4.82. The van der Waals surface area contributed by atoms with Crippen LogP contribution in [0.25, 0.3) is 11.3 Å². The molecule has 9 heteroatoms. The highest BCUT2D eigenvalue weighted by molar-refractivity contribution is 6.37. The Labute approximate surface area is 226 Å². The molecular weight excluding hydrogens is 496 g/mol. The second-order valence-electron chi connectivity index (χ2n) is 9.55. The smallest absolute Gasteiger partial charge is 0.337 e. The molecule has 0 atom stereocenters. The van der Waals surface area contributed by atoms with E-state index in [0.29, 0.717) is 41.1 Å². The first kappa shape index (κ1) is 25.7. The summed E-state index contributed by atoms with van der Waals surface area (Å²) < 4.78 is 4.81. The van der Waals surface area contributed by atoms with E-state index in [2.05, 4.69) is 10.6 Å². The minimum absolute atomic E-state index is 0.178. The fraction of sp³-hybridized carbons (Fsp3) is 0.200. The minimum Gasteiger partial charge on any atom is -0.465 e. The standard InChI is InChI=1S/C30H28N4O5/c1-33(2)25(35)17-26(36)34-14-13-19-15-21(10-12-24(19)34)31-28(18-7-5-4-6-8-18)27-22-11-9-20(30(38)39-3)16-23(22)32-29(27)37/h4-12,15-16,31H,13-14,17H2,1-3H3,(H,32,37)/b28-27-. The van der Waals surface area contributed by atoms with Gasteiger partial charge in [0.2, 0.25) is 11.8 Å². The largest absolute Gasteiger partial charge is 0.465 e. The third-order valence-corrected chi connectivity index (χ3v) is 6.84. The molecule has 3 amide bonds. The molecule has 0 spiro atoms. The zero-order valence-electron chi connectivity index (χ0n) is 21.9. The van der Waals surface area contributed by atoms with Crippen LogP contribution in [0.1, 0.15) is 33.5 Å². The Morgan fingerprint density at radius 2 is 1.77 bits per heavy atom. The van der Waals surface area contributed by atoms with Gasteiger partial charge in [-0.05, 0) is 47.9 Å². The van der Waals surface area contributed by atoms with Crippen LogP contribution in [0.5, 0.6) is 0 Å². The van der Waals surface area contributed by atoms with Crippen LogP contribution in [0, 0.1) is 0 Å². The lowest BCUT2D eigenvalue weighted by Crippen LogP contribution is -2.34. The number of carbonyl (C=O) groups is 4. The van der Waals surface area contributed by atoms with Crippen LogP contribution in [-0.2, 0) is 25.5 Å². The van der Waals surface area contributed by atoms with Crippen LogP contribution in [-0.4, -0.2) is 56.3 Å². The third kappa shape index (κ3) is 4.98. The molecule has 2 aliphatic heterocycles. The average Bonchev–Trinajstić information content (AvgIpc) is 3.51. The molecule has 0 saturated heterocycles. The summed E-state index contributed by atoms with van der Waals surface area (Å²) in [5.41, 5.74) is 5.93. The molecule has 5 rings (SSSR count). The third-order valence-electron chi connectivity index (χ3n) is 6.84. The lowest BCUT2D eigenvalue weighted by molar-refractivity contribution is -0.133. The highest BCUT2D eigenvalue weighted by Crippen LogP contribution is 2.39. The number of methoxy groups -OCH3 is 1. The maximum Gasteiger partial charge on any atom is 0.337 e. The number of amides is 3. The van der Waals surface area contributed by atoms with E-state index in [1.54, 1.807) is 37.2 Å². The molecule has 0 aromatic heterocycles. The summed E-state index contributed by atoms with van der Waals surface area (Å²) in [6.07, 6.45) is 0.479. The molecule has 198 valence electrons. The molecule has 9 nitrogen and oxygen atoms in total. The first-order valence-corrected chi connectivity index (χ1v) is 12.5. The van der Waals surface area contributed by atoms with Gasteiger partial charge in [0.25, 0.3) is 5.91 Å². The molecule has 3 aromatic carbocycles. The topological polar surface area (TPSA) is 108 Å². The minimum atomic E-state index is -0.484. The van der Waals surface area contributed by atoms with Gasteiger partial charge in [0.05, 0.1) is 29.6 Å². The molecule has 0 saturated carbocycles. The number of hydrogen-bond acceptors (Lipinski definition) is 6. The Kier molecular flexibility index (Phi) is 6.89. The Hall–Kier alpha value is -4.92. The van der Waals surface area contributed by atoms with Crippen molar-refractivity contribution in [2.45, 2.75) is 12.8 Å². The summed E-state index contributed by atoms with van der Waals surface area (Å²) in [5.74, 6) is -1.24. The van der Waals surface area contributed by atoms with Crippen molar-refractivity contribution >= 4 is 52.0 Å². The Morgan fingerprint density at radius 3 is 2.49 bits per heavy atom. The van der Waals surface area contributed by atoms with Crippen LogP contribution >= 0.6 is 0 Å². The van der Waals surface area contributed by atoms with Crippen molar-refractivity contribution in [1.29, 1.82) is 0 Å². The Bertz CT molecular complexity index is 1530. The van der Waals surface area contributed by atoms with Gasteiger partial charge in [0, 0.05) is 37.6 Å². The summed E-state index contributed by atoms with van der Waals surface area (Å²) >= 11 is 0. The molecular formula is C30H28N4O5. The Balaban J connectivity index is 1.50. The maximum absolute atomic E-state index is 13.2. The average molecular weight is 525 g/mol. The molecule has 2 heterocycles. The highest BCUT2D eigenvalue weighted by atomic mass is 16.5. The number of fused-ring (bicyclic) bond motifs is 2. The number of nitrogens with one attached hydrogen (secondary N) is 2. The van der Waals surface area contributed by atoms with Crippen molar-refractivity contribution in [3.05, 3.63) is 89.0 Å². The van der Waals surface area contributed by atoms with E-state index in [9.17, 15) is 19.2 Å². The van der Waals surface area contributed by atoms with E-state index in [0.717, 1.165) is 22.5 Å². The molecule has 2 aliphatic rings. The summed E-state index contributed by atoms with van der Waals surface area (Å²) in [7, 11) is 4.57. The first-order chi connectivity index (χ1) is 18.8. The number of rotatable bonds is 6. The predicted molar refractivity (Wildman–Crippen MR) is 149 cm³/mol. The second-order valence-corrected chi connectivity index (χ2v) is 9.55. The van der Waals surface area contributed by atoms with E-state index in [1.165, 1.54) is 12.0 Å². The van der Waals surface area contributed by atoms with E-state index in [4.69, 9.17) is 4.74 Å². The number of ether oxygens (including phenoxy) is 1. The molecule has 0 fully saturated rings. The van der Waals surface area contributed by atoms with Crippen LogP contribution in [0.2, 0.25) is 0 Å². The van der Waals surface area contributed by atoms with Crippen LogP contribution in [0.3, 0.4) is 0 Å². The van der Waals surface area contributed by atoms with Gasteiger partial charge in [-0.2, -0.15) is 0 Å². The SMILES string of the molecule is COC(=O)c1ccc2c(c1)NC(=O)/C2=C(\Nc1ccc2c(c1)CCN2C(=O)CC(=O)N(C)C)c1ccccc1. The number of anilines is 3. The van der Waals surface area contributed by atoms with Crippen LogP contribution in [0.4, 0.5) is 17.1 Å². The van der Waals surface area contributed by atoms with E-state index in [1.807, 2.05) is 48.5 Å². The van der Waals surface area contributed by atoms with Gasteiger partial charge >= 0.3 is 5.97 Å². The number of nitrogens with zero attached hydrogens (tertiary/aromatic N) is 2. The molecule has 0 aliphatic carbocycles. The van der Waals surface area contributed by atoms with Crippen molar-refractivity contribution in [2.24, 2.45) is 0 Å². The van der Waals surface area contributed by atoms with E-state index in [-0.39, 0.29) is 24.1 Å². The van der Waals surface area contributed by atoms with Gasteiger partial charge in [-0.15, -0.1) is 0 Å². The van der Waals surface area contributed by atoms with Crippen molar-refractivity contribution in [3.8, 4) is 0 Å². The van der Waals surface area contributed by atoms with Gasteiger partial charge in [-0.25, -0.2) is 4.79 Å². The molecule has 0 bridgehead atoms. The molecule has 0 radical (unpaired) electrons. The van der Waals surface area contributed by atoms with Gasteiger partial charge < -0.3 is 25.2 Å². The quantitative estimate of drug-likeness (QED) is 0.289. The summed E-state index contributed by atoms with van der Waals surface area (Å²) in [5, 5.41) is 6.31. The molecule has 3 aromatic rings. The fourth-order valence-corrected chi connectivity index (χ4v) is 4.82. The monoisotopic (exact) mass is 524 g/mol. The summed E-state index contributed by atoms with van der Waals surface area (Å²) in [6, 6.07) is 20.2. The first-order valence-electron chi connectivity index (χ1n) is 12.5. The normalized spacial score (nSPS) is 14.7. The summed E-state index contributed by atoms with van der Waals surface area (Å²) in [4.78, 5) is 53.1. The number of benzene rings is 3. The Morgan fingerprint density at radius 1 is 1.00 bits per heavy atom. The van der Waals surface area contributed by atoms with Gasteiger partial charge in [-0.1, -0.05) is 36.4 Å². The molecule has 2 N–H and O–H groups in total. The highest BCUT2D eigenvalue weighted by Gasteiger charge is 2.30. The van der Waals surface area contributed by atoms with Crippen molar-refractivity contribution in [1.82, 2.24) is 4.90 Å². The zero-order valence-corrected chi connectivity index (χ0v) is 21.9. The number of hydrogen-bond donors (Lipinski definition) is 2. The van der Waals surface area contributed by atoms with E-state index >= 15 is 0 Å². The van der Waals surface area contributed by atoms with E-state index < -0.39 is 5.97 Å². The van der Waals surface area contributed by atoms with Gasteiger partial charge in [-0.3, -0.25) is 14.4 Å². The predicted octanol–water partition coefficient (Wildman–Crippen LogP) is 3.77. The van der Waals surface area contributed by atoms with Crippen molar-refractivity contribution in [3.63, 3.8) is 0 Å². The van der Waals surface area contributed by atoms with Crippen LogP contribution < -0.4 is 15.5 Å². The lowest BCUT2D eigenvalue weighted by Gasteiger charge is -2.19. The number of esters is 1. The maximum atomic E-state index is 13.2. The van der Waals surface area contributed by atoms with Crippen LogP contribution in [0.15, 0.2) is 66.7 Å².